The van der Waals surface area contributed by atoms with Crippen LogP contribution in [0.4, 0.5) is 0 Å². The first-order chi connectivity index (χ1) is 8.97. The molecule has 1 heterocycles. The van der Waals surface area contributed by atoms with Crippen molar-refractivity contribution in [3.05, 3.63) is 0 Å². The first-order valence-corrected chi connectivity index (χ1v) is 6.57. The van der Waals surface area contributed by atoms with Gasteiger partial charge in [-0.2, -0.15) is 0 Å². The molecule has 6 heteroatoms. The van der Waals surface area contributed by atoms with E-state index < -0.39 is 12.0 Å². The van der Waals surface area contributed by atoms with E-state index >= 15 is 0 Å². The number of hydrogen-bond donors (Lipinski definition) is 1. The van der Waals surface area contributed by atoms with Gasteiger partial charge in [-0.05, 0) is 25.7 Å². The molecule has 19 heavy (non-hydrogen) atoms. The molecule has 0 saturated carbocycles. The maximum absolute atomic E-state index is 12.2. The van der Waals surface area contributed by atoms with Gasteiger partial charge in [-0.1, -0.05) is 6.92 Å². The Morgan fingerprint density at radius 3 is 2.63 bits per heavy atom. The van der Waals surface area contributed by atoms with Crippen LogP contribution in [-0.2, 0) is 19.1 Å². The lowest BCUT2D eigenvalue weighted by Gasteiger charge is -2.34. The number of methoxy groups -OCH3 is 1. The molecule has 0 radical (unpaired) electrons. The van der Waals surface area contributed by atoms with Crippen LogP contribution in [0.2, 0.25) is 0 Å². The molecule has 1 saturated heterocycles. The fraction of sp³-hybridized carbons (Fsp3) is 0.769. The molecule has 1 amide bonds. The van der Waals surface area contributed by atoms with Crippen LogP contribution >= 0.6 is 0 Å². The van der Waals surface area contributed by atoms with Crippen molar-refractivity contribution >= 4 is 17.8 Å². The summed E-state index contributed by atoms with van der Waals surface area (Å²) in [5, 5.41) is 9.13. The average Bonchev–Trinajstić information content (AvgIpc) is 2.43. The third-order valence-corrected chi connectivity index (χ3v) is 3.50. The van der Waals surface area contributed by atoms with E-state index in [1.165, 1.54) is 12.0 Å². The summed E-state index contributed by atoms with van der Waals surface area (Å²) in [7, 11) is 1.31. The van der Waals surface area contributed by atoms with Gasteiger partial charge in [0.2, 0.25) is 5.91 Å². The second kappa shape index (κ2) is 7.11. The molecule has 2 unspecified atom stereocenters. The van der Waals surface area contributed by atoms with Crippen LogP contribution in [-0.4, -0.2) is 47.5 Å². The SMILES string of the molecule is COC(=O)CCC(C)C(=O)N1CCCCC1C(=O)O. The van der Waals surface area contributed by atoms with Crippen molar-refractivity contribution in [1.82, 2.24) is 4.90 Å². The quantitative estimate of drug-likeness (QED) is 0.755. The number of hydrogen-bond acceptors (Lipinski definition) is 4. The van der Waals surface area contributed by atoms with Crippen LogP contribution in [0.3, 0.4) is 0 Å². The maximum Gasteiger partial charge on any atom is 0.326 e. The summed E-state index contributed by atoms with van der Waals surface area (Å²) in [6, 6.07) is -0.721. The van der Waals surface area contributed by atoms with Gasteiger partial charge in [-0.15, -0.1) is 0 Å². The Balaban J connectivity index is 2.58. The van der Waals surface area contributed by atoms with Gasteiger partial charge in [0.05, 0.1) is 7.11 Å². The second-order valence-electron chi connectivity index (χ2n) is 4.90. The molecule has 1 fully saturated rings. The van der Waals surface area contributed by atoms with Gasteiger partial charge >= 0.3 is 11.9 Å². The van der Waals surface area contributed by atoms with Gasteiger partial charge < -0.3 is 14.7 Å². The molecule has 0 aromatic carbocycles. The Morgan fingerprint density at radius 2 is 2.05 bits per heavy atom. The molecule has 1 aliphatic heterocycles. The number of esters is 1. The van der Waals surface area contributed by atoms with Gasteiger partial charge in [0.1, 0.15) is 6.04 Å². The van der Waals surface area contributed by atoms with Crippen LogP contribution in [0.1, 0.15) is 39.0 Å². The first-order valence-electron chi connectivity index (χ1n) is 6.57. The number of carboxylic acids is 1. The van der Waals surface area contributed by atoms with Crippen LogP contribution < -0.4 is 0 Å². The summed E-state index contributed by atoms with van der Waals surface area (Å²) in [6.45, 7) is 2.21. The number of amides is 1. The summed E-state index contributed by atoms with van der Waals surface area (Å²) < 4.78 is 4.53. The van der Waals surface area contributed by atoms with Crippen molar-refractivity contribution in [3.8, 4) is 0 Å². The Hall–Kier alpha value is -1.59. The molecule has 1 rings (SSSR count). The fourth-order valence-electron chi connectivity index (χ4n) is 2.30. The van der Waals surface area contributed by atoms with E-state index in [9.17, 15) is 14.4 Å². The molecular weight excluding hydrogens is 250 g/mol. The number of carbonyl (C=O) groups is 3. The zero-order valence-electron chi connectivity index (χ0n) is 11.4. The highest BCUT2D eigenvalue weighted by Crippen LogP contribution is 2.21. The monoisotopic (exact) mass is 271 g/mol. The fourth-order valence-corrected chi connectivity index (χ4v) is 2.30. The summed E-state index contributed by atoms with van der Waals surface area (Å²) >= 11 is 0. The predicted octanol–water partition coefficient (Wildman–Crippen LogP) is 1.04. The van der Waals surface area contributed by atoms with Gasteiger partial charge in [0, 0.05) is 18.9 Å². The molecule has 0 aliphatic carbocycles. The van der Waals surface area contributed by atoms with Crippen LogP contribution in [0.5, 0.6) is 0 Å². The van der Waals surface area contributed by atoms with E-state index in [4.69, 9.17) is 5.11 Å². The van der Waals surface area contributed by atoms with E-state index in [0.717, 1.165) is 12.8 Å². The van der Waals surface area contributed by atoms with Crippen molar-refractivity contribution in [2.45, 2.75) is 45.1 Å². The lowest BCUT2D eigenvalue weighted by Crippen LogP contribution is -2.49. The van der Waals surface area contributed by atoms with Crippen molar-refractivity contribution in [2.24, 2.45) is 5.92 Å². The van der Waals surface area contributed by atoms with Crippen LogP contribution in [0.15, 0.2) is 0 Å². The summed E-state index contributed by atoms with van der Waals surface area (Å²) in [5.41, 5.74) is 0. The van der Waals surface area contributed by atoms with Gasteiger partial charge in [-0.25, -0.2) is 4.79 Å². The zero-order valence-corrected chi connectivity index (χ0v) is 11.4. The van der Waals surface area contributed by atoms with Crippen LogP contribution in [0, 0.1) is 5.92 Å². The number of carbonyl (C=O) groups excluding carboxylic acids is 2. The number of piperidine rings is 1. The lowest BCUT2D eigenvalue weighted by molar-refractivity contribution is -0.154. The highest BCUT2D eigenvalue weighted by molar-refractivity contribution is 5.85. The third-order valence-electron chi connectivity index (χ3n) is 3.50. The third kappa shape index (κ3) is 4.22. The van der Waals surface area contributed by atoms with Gasteiger partial charge in [0.25, 0.3) is 0 Å². The Morgan fingerprint density at radius 1 is 1.37 bits per heavy atom. The van der Waals surface area contributed by atoms with Crippen molar-refractivity contribution in [3.63, 3.8) is 0 Å². The summed E-state index contributed by atoms with van der Waals surface area (Å²) in [4.78, 5) is 35.8. The van der Waals surface area contributed by atoms with E-state index in [1.54, 1.807) is 6.92 Å². The van der Waals surface area contributed by atoms with Crippen molar-refractivity contribution in [2.75, 3.05) is 13.7 Å². The minimum Gasteiger partial charge on any atom is -0.480 e. The molecule has 0 aromatic heterocycles. The number of rotatable bonds is 5. The number of ether oxygens (including phenoxy) is 1. The Labute approximate surface area is 112 Å². The Kier molecular flexibility index (Phi) is 5.79. The molecule has 0 bridgehead atoms. The maximum atomic E-state index is 12.2. The molecule has 0 spiro atoms. The highest BCUT2D eigenvalue weighted by Gasteiger charge is 2.33. The van der Waals surface area contributed by atoms with Crippen LogP contribution in [0.25, 0.3) is 0 Å². The minimum absolute atomic E-state index is 0.176. The zero-order chi connectivity index (χ0) is 14.4. The van der Waals surface area contributed by atoms with Crippen molar-refractivity contribution in [1.29, 1.82) is 0 Å². The number of nitrogens with zero attached hydrogens (tertiary/aromatic N) is 1. The topological polar surface area (TPSA) is 83.9 Å². The average molecular weight is 271 g/mol. The van der Waals surface area contributed by atoms with E-state index in [1.807, 2.05) is 0 Å². The summed E-state index contributed by atoms with van der Waals surface area (Å²) in [5.74, 6) is -1.85. The van der Waals surface area contributed by atoms with Crippen molar-refractivity contribution < 1.29 is 24.2 Å². The largest absolute Gasteiger partial charge is 0.480 e. The molecule has 2 atom stereocenters. The molecular formula is C13H21NO5. The number of aliphatic carboxylic acids is 1. The minimum atomic E-state index is -0.951. The number of carboxylic acid groups (broad SMARTS) is 1. The molecule has 0 aromatic rings. The molecule has 1 N–H and O–H groups in total. The van der Waals surface area contributed by atoms with E-state index in [2.05, 4.69) is 4.74 Å². The Bertz CT molecular complexity index is 355. The summed E-state index contributed by atoms with van der Waals surface area (Å²) in [6.07, 6.45) is 2.73. The second-order valence-corrected chi connectivity index (χ2v) is 4.90. The predicted molar refractivity (Wildman–Crippen MR) is 67.4 cm³/mol. The highest BCUT2D eigenvalue weighted by atomic mass is 16.5. The van der Waals surface area contributed by atoms with Gasteiger partial charge in [0.15, 0.2) is 0 Å². The van der Waals surface area contributed by atoms with E-state index in [0.29, 0.717) is 19.4 Å². The van der Waals surface area contributed by atoms with E-state index in [-0.39, 0.29) is 24.2 Å². The molecule has 6 nitrogen and oxygen atoms in total. The smallest absolute Gasteiger partial charge is 0.326 e. The molecule has 1 aliphatic rings. The lowest BCUT2D eigenvalue weighted by atomic mass is 9.97. The van der Waals surface area contributed by atoms with Gasteiger partial charge in [-0.3, -0.25) is 9.59 Å². The standard InChI is InChI=1S/C13H21NO5/c1-9(6-7-11(15)19-2)12(16)14-8-4-3-5-10(14)13(17)18/h9-10H,3-8H2,1-2H3,(H,17,18). The normalized spacial score (nSPS) is 20.7. The first kappa shape index (κ1) is 15.5. The number of likely N-dealkylation sites (tertiary alicyclic amines) is 1. The molecule has 108 valence electrons.